The van der Waals surface area contributed by atoms with Gasteiger partial charge in [-0.15, -0.1) is 0 Å². The lowest BCUT2D eigenvalue weighted by Gasteiger charge is -2.10. The molecule has 2 aromatic heterocycles. The van der Waals surface area contributed by atoms with Crippen molar-refractivity contribution < 1.29 is 9.53 Å². The Bertz CT molecular complexity index is 1220. The molecule has 0 spiro atoms. The number of fused-ring (bicyclic) bond motifs is 1. The van der Waals surface area contributed by atoms with E-state index in [9.17, 15) is 4.79 Å². The van der Waals surface area contributed by atoms with Crippen molar-refractivity contribution in [3.8, 4) is 22.8 Å². The van der Waals surface area contributed by atoms with Gasteiger partial charge in [0, 0.05) is 28.8 Å². The molecule has 0 saturated heterocycles. The molecule has 5 nitrogen and oxygen atoms in total. The Labute approximate surface area is 169 Å². The highest BCUT2D eigenvalue weighted by Crippen LogP contribution is 2.28. The van der Waals surface area contributed by atoms with Gasteiger partial charge in [-0.25, -0.2) is 0 Å². The van der Waals surface area contributed by atoms with E-state index in [1.807, 2.05) is 49.4 Å². The zero-order valence-electron chi connectivity index (χ0n) is 16.3. The fourth-order valence-electron chi connectivity index (χ4n) is 3.34. The van der Waals surface area contributed by atoms with E-state index >= 15 is 0 Å². The molecule has 0 aliphatic carbocycles. The summed E-state index contributed by atoms with van der Waals surface area (Å²) in [5.41, 5.74) is 10.7. The van der Waals surface area contributed by atoms with Gasteiger partial charge in [0.05, 0.1) is 17.4 Å². The number of nitrogens with two attached hydrogens (primary N) is 1. The van der Waals surface area contributed by atoms with E-state index in [0.29, 0.717) is 23.5 Å². The van der Waals surface area contributed by atoms with Gasteiger partial charge in [0.1, 0.15) is 11.5 Å². The van der Waals surface area contributed by atoms with E-state index in [0.717, 1.165) is 27.7 Å². The first kappa shape index (κ1) is 18.6. The maximum Gasteiger partial charge on any atom is 0.248 e. The molecule has 2 N–H and O–H groups in total. The molecule has 2 heterocycles. The van der Waals surface area contributed by atoms with Crippen molar-refractivity contribution in [2.75, 3.05) is 0 Å². The number of hydrogen-bond donors (Lipinski definition) is 1. The normalized spacial score (nSPS) is 10.8. The van der Waals surface area contributed by atoms with Gasteiger partial charge < -0.3 is 10.5 Å². The number of benzene rings is 2. The van der Waals surface area contributed by atoms with Crippen molar-refractivity contribution in [3.05, 3.63) is 83.7 Å². The average molecular weight is 383 g/mol. The third kappa shape index (κ3) is 3.94. The Morgan fingerprint density at radius 1 is 1.00 bits per heavy atom. The summed E-state index contributed by atoms with van der Waals surface area (Å²) in [6.45, 7) is 4.04. The van der Waals surface area contributed by atoms with E-state index in [2.05, 4.69) is 23.0 Å². The number of ether oxygens (including phenoxy) is 1. The molecule has 0 fully saturated rings. The van der Waals surface area contributed by atoms with Gasteiger partial charge >= 0.3 is 0 Å². The van der Waals surface area contributed by atoms with Crippen molar-refractivity contribution in [1.29, 1.82) is 0 Å². The van der Waals surface area contributed by atoms with Crippen LogP contribution in [-0.4, -0.2) is 15.9 Å². The summed E-state index contributed by atoms with van der Waals surface area (Å²) in [6.07, 6.45) is 4.13. The third-order valence-electron chi connectivity index (χ3n) is 4.83. The molecule has 0 unspecified atom stereocenters. The van der Waals surface area contributed by atoms with Gasteiger partial charge in [-0.3, -0.25) is 14.8 Å². The summed E-state index contributed by atoms with van der Waals surface area (Å²) in [5.74, 6) is 0.914. The van der Waals surface area contributed by atoms with E-state index < -0.39 is 5.91 Å². The Kier molecular flexibility index (Phi) is 4.96. The quantitative estimate of drug-likeness (QED) is 0.522. The molecule has 0 saturated carbocycles. The van der Waals surface area contributed by atoms with Crippen LogP contribution >= 0.6 is 0 Å². The van der Waals surface area contributed by atoms with Crippen LogP contribution in [0.15, 0.2) is 67.0 Å². The number of carbonyl (C=O) groups is 1. The number of hydrogen-bond acceptors (Lipinski definition) is 4. The monoisotopic (exact) mass is 383 g/mol. The van der Waals surface area contributed by atoms with Crippen LogP contribution < -0.4 is 10.5 Å². The number of aryl methyl sites for hydroxylation is 2. The molecule has 0 radical (unpaired) electrons. The Morgan fingerprint density at radius 3 is 2.66 bits per heavy atom. The zero-order valence-corrected chi connectivity index (χ0v) is 16.3. The highest BCUT2D eigenvalue weighted by atomic mass is 16.5. The fraction of sp³-hybridized carbons (Fsp3) is 0.125. The van der Waals surface area contributed by atoms with Crippen LogP contribution in [-0.2, 0) is 6.42 Å². The Hall–Kier alpha value is -3.73. The number of aromatic nitrogens is 2. The minimum Gasteiger partial charge on any atom is -0.456 e. The second-order valence-corrected chi connectivity index (χ2v) is 6.94. The smallest absolute Gasteiger partial charge is 0.248 e. The van der Waals surface area contributed by atoms with Gasteiger partial charge in [-0.1, -0.05) is 24.6 Å². The van der Waals surface area contributed by atoms with Crippen molar-refractivity contribution in [2.24, 2.45) is 5.73 Å². The molecule has 4 rings (SSSR count). The zero-order chi connectivity index (χ0) is 20.4. The second kappa shape index (κ2) is 7.72. The first-order valence-corrected chi connectivity index (χ1v) is 9.47. The van der Waals surface area contributed by atoms with Crippen molar-refractivity contribution in [1.82, 2.24) is 9.97 Å². The molecule has 5 heteroatoms. The molecule has 0 aliphatic rings. The minimum atomic E-state index is -0.419. The van der Waals surface area contributed by atoms with Crippen LogP contribution in [0.5, 0.6) is 11.5 Å². The average Bonchev–Trinajstić information content (AvgIpc) is 2.73. The van der Waals surface area contributed by atoms with Gasteiger partial charge in [0.2, 0.25) is 5.91 Å². The summed E-state index contributed by atoms with van der Waals surface area (Å²) >= 11 is 0. The van der Waals surface area contributed by atoms with Gasteiger partial charge in [0.15, 0.2) is 0 Å². The summed E-state index contributed by atoms with van der Waals surface area (Å²) in [4.78, 5) is 20.5. The Morgan fingerprint density at radius 2 is 1.86 bits per heavy atom. The minimum absolute atomic E-state index is 0.419. The highest BCUT2D eigenvalue weighted by molar-refractivity contribution is 5.95. The molecule has 0 bridgehead atoms. The molecular weight excluding hydrogens is 362 g/mol. The lowest BCUT2D eigenvalue weighted by Crippen LogP contribution is -2.13. The van der Waals surface area contributed by atoms with Gasteiger partial charge in [0.25, 0.3) is 0 Å². The van der Waals surface area contributed by atoms with Crippen LogP contribution in [0, 0.1) is 6.92 Å². The number of carbonyl (C=O) groups excluding carboxylic acids is 1. The largest absolute Gasteiger partial charge is 0.456 e. The predicted molar refractivity (Wildman–Crippen MR) is 114 cm³/mol. The molecule has 2 aromatic carbocycles. The van der Waals surface area contributed by atoms with Crippen molar-refractivity contribution in [2.45, 2.75) is 20.3 Å². The summed E-state index contributed by atoms with van der Waals surface area (Å²) < 4.78 is 6.03. The van der Waals surface area contributed by atoms with Crippen LogP contribution in [0.25, 0.3) is 22.2 Å². The number of primary amides is 1. The number of nitrogens with zero attached hydrogens (tertiary/aromatic N) is 2. The molecule has 1 amide bonds. The maximum atomic E-state index is 11.6. The summed E-state index contributed by atoms with van der Waals surface area (Å²) in [6, 6.07) is 17.3. The first-order chi connectivity index (χ1) is 14.0. The lowest BCUT2D eigenvalue weighted by molar-refractivity contribution is 0.0999. The van der Waals surface area contributed by atoms with Gasteiger partial charge in [-0.2, -0.15) is 0 Å². The third-order valence-corrected chi connectivity index (χ3v) is 4.83. The molecule has 29 heavy (non-hydrogen) atoms. The fourth-order valence-corrected chi connectivity index (χ4v) is 3.34. The molecule has 0 aliphatic heterocycles. The topological polar surface area (TPSA) is 78.1 Å². The summed E-state index contributed by atoms with van der Waals surface area (Å²) in [7, 11) is 0. The highest BCUT2D eigenvalue weighted by Gasteiger charge is 2.10. The van der Waals surface area contributed by atoms with Crippen LogP contribution in [0.2, 0.25) is 0 Å². The number of amides is 1. The van der Waals surface area contributed by atoms with Crippen molar-refractivity contribution in [3.63, 3.8) is 0 Å². The first-order valence-electron chi connectivity index (χ1n) is 9.47. The van der Waals surface area contributed by atoms with Crippen molar-refractivity contribution >= 4 is 16.8 Å². The number of rotatable bonds is 5. The maximum absolute atomic E-state index is 11.6. The summed E-state index contributed by atoms with van der Waals surface area (Å²) in [5, 5.41) is 1.03. The van der Waals surface area contributed by atoms with E-state index in [-0.39, 0.29) is 0 Å². The molecule has 4 aromatic rings. The standard InChI is InChI=1S/C24H21N3O2/c1-3-16-11-17(5-6-21(16)24(25)28)23-13-19(8-9-26-23)29-20-12-18-10-15(2)4-7-22(18)27-14-20/h4-14H,3H2,1-2H3,(H2,25,28). The molecule has 0 atom stereocenters. The van der Waals surface area contributed by atoms with Gasteiger partial charge in [-0.05, 0) is 55.3 Å². The lowest BCUT2D eigenvalue weighted by atomic mass is 9.99. The molecular formula is C24H21N3O2. The predicted octanol–water partition coefficient (Wildman–Crippen LogP) is 5.06. The van der Waals surface area contributed by atoms with E-state index in [4.69, 9.17) is 10.5 Å². The second-order valence-electron chi connectivity index (χ2n) is 6.94. The van der Waals surface area contributed by atoms with Crippen LogP contribution in [0.3, 0.4) is 0 Å². The van der Waals surface area contributed by atoms with Crippen LogP contribution in [0.4, 0.5) is 0 Å². The van der Waals surface area contributed by atoms with E-state index in [1.54, 1.807) is 18.5 Å². The number of pyridine rings is 2. The Balaban J connectivity index is 1.65. The van der Waals surface area contributed by atoms with Crippen LogP contribution in [0.1, 0.15) is 28.4 Å². The SMILES string of the molecule is CCc1cc(-c2cc(Oc3cnc4ccc(C)cc4c3)ccn2)ccc1C(N)=O. The molecule has 144 valence electrons. The van der Waals surface area contributed by atoms with E-state index in [1.165, 1.54) is 5.56 Å².